The van der Waals surface area contributed by atoms with E-state index in [1.165, 1.54) is 12.8 Å². The van der Waals surface area contributed by atoms with Crippen LogP contribution in [0, 0.1) is 13.8 Å². The summed E-state index contributed by atoms with van der Waals surface area (Å²) in [6, 6.07) is 24.4. The summed E-state index contributed by atoms with van der Waals surface area (Å²) in [6.07, 6.45) is 1.82. The molecule has 4 heterocycles. The number of carbonyl (C=O) groups is 1. The number of benzene rings is 2. The number of morpholine rings is 1. The Morgan fingerprint density at radius 3 is 2.40 bits per heavy atom. The first kappa shape index (κ1) is 28.9. The van der Waals surface area contributed by atoms with Gasteiger partial charge < -0.3 is 34.5 Å². The number of aromatic nitrogens is 2. The van der Waals surface area contributed by atoms with Crippen molar-refractivity contribution in [2.45, 2.75) is 25.9 Å². The maximum atomic E-state index is 12.0. The van der Waals surface area contributed by atoms with Gasteiger partial charge in [-0.05, 0) is 98.4 Å². The highest BCUT2D eigenvalue weighted by atomic mass is 32.1. The van der Waals surface area contributed by atoms with E-state index in [-0.39, 0.29) is 24.6 Å². The highest BCUT2D eigenvalue weighted by Crippen LogP contribution is 2.44. The fraction of sp³-hybridized carbons (Fsp3) is 0.303. The number of ether oxygens (including phenoxy) is 2. The van der Waals surface area contributed by atoms with Crippen molar-refractivity contribution in [1.82, 2.24) is 14.9 Å². The average Bonchev–Trinajstić information content (AvgIpc) is 3.53. The van der Waals surface area contributed by atoms with Crippen molar-refractivity contribution >= 4 is 40.3 Å². The minimum absolute atomic E-state index is 0.00126. The van der Waals surface area contributed by atoms with Crippen LogP contribution in [0.4, 0.5) is 17.1 Å². The fourth-order valence-electron chi connectivity index (χ4n) is 6.10. The van der Waals surface area contributed by atoms with Crippen LogP contribution < -0.4 is 20.4 Å². The van der Waals surface area contributed by atoms with E-state index in [1.54, 1.807) is 0 Å². The Hall–Kier alpha value is -4.25. The average molecular weight is 597 g/mol. The van der Waals surface area contributed by atoms with Crippen LogP contribution in [0.15, 0.2) is 79.0 Å². The number of hydrogen-bond acceptors (Lipinski definition) is 6. The lowest BCUT2D eigenvalue weighted by Crippen LogP contribution is -2.36. The largest absolute Gasteiger partial charge is 0.378 e. The molecule has 43 heavy (non-hydrogen) atoms. The highest BCUT2D eigenvalue weighted by molar-refractivity contribution is 7.80. The maximum absolute atomic E-state index is 12.0. The molecule has 2 fully saturated rings. The number of aryl methyl sites for hydroxylation is 1. The van der Waals surface area contributed by atoms with Crippen molar-refractivity contribution in [2.24, 2.45) is 0 Å². The Morgan fingerprint density at radius 1 is 1.02 bits per heavy atom. The van der Waals surface area contributed by atoms with Crippen LogP contribution in [0.3, 0.4) is 0 Å². The predicted octanol–water partition coefficient (Wildman–Crippen LogP) is 5.09. The van der Waals surface area contributed by atoms with Gasteiger partial charge >= 0.3 is 0 Å². The molecule has 0 spiro atoms. The number of anilines is 3. The fourth-order valence-corrected chi connectivity index (χ4v) is 6.45. The Bertz CT molecular complexity index is 1580. The van der Waals surface area contributed by atoms with E-state index in [2.05, 4.69) is 69.2 Å². The van der Waals surface area contributed by atoms with E-state index in [1.807, 2.05) is 48.7 Å². The molecule has 10 heteroatoms. The monoisotopic (exact) mass is 596 g/mol. The van der Waals surface area contributed by atoms with E-state index in [4.69, 9.17) is 26.7 Å². The minimum atomic E-state index is -0.202. The van der Waals surface area contributed by atoms with E-state index in [0.717, 1.165) is 60.3 Å². The Morgan fingerprint density at radius 2 is 1.72 bits per heavy atom. The molecule has 2 atom stereocenters. The third kappa shape index (κ3) is 5.86. The molecule has 0 radical (unpaired) electrons. The third-order valence-electron chi connectivity index (χ3n) is 8.08. The van der Waals surface area contributed by atoms with Crippen molar-refractivity contribution in [1.29, 1.82) is 0 Å². The number of methoxy groups -OCH3 is 1. The maximum Gasteiger partial charge on any atom is 0.250 e. The SMILES string of the molecule is COCC(=O)Nc1ccc(N2C(=S)N[C@@H](c3ccccn3)[C@@H]2c2cc(C)n(-c3ccc(N4CCOCC4)cc3)c2C)cc1. The van der Waals surface area contributed by atoms with E-state index in [9.17, 15) is 4.79 Å². The van der Waals surface area contributed by atoms with Crippen LogP contribution in [0.2, 0.25) is 0 Å². The highest BCUT2D eigenvalue weighted by Gasteiger charge is 2.42. The predicted molar refractivity (Wildman–Crippen MR) is 173 cm³/mol. The lowest BCUT2D eigenvalue weighted by molar-refractivity contribution is -0.119. The van der Waals surface area contributed by atoms with Crippen molar-refractivity contribution in [2.75, 3.05) is 55.1 Å². The molecule has 0 aliphatic carbocycles. The summed E-state index contributed by atoms with van der Waals surface area (Å²) in [4.78, 5) is 21.3. The van der Waals surface area contributed by atoms with E-state index >= 15 is 0 Å². The molecule has 9 nitrogen and oxygen atoms in total. The van der Waals surface area contributed by atoms with Gasteiger partial charge in [0.15, 0.2) is 5.11 Å². The van der Waals surface area contributed by atoms with Gasteiger partial charge in [0.05, 0.1) is 31.0 Å². The zero-order chi connectivity index (χ0) is 29.9. The van der Waals surface area contributed by atoms with Gasteiger partial charge in [-0.2, -0.15) is 0 Å². The van der Waals surface area contributed by atoms with Gasteiger partial charge in [0.1, 0.15) is 6.61 Å². The number of rotatable bonds is 8. The van der Waals surface area contributed by atoms with Gasteiger partial charge in [-0.3, -0.25) is 9.78 Å². The van der Waals surface area contributed by atoms with Crippen molar-refractivity contribution in [3.8, 4) is 5.69 Å². The van der Waals surface area contributed by atoms with Crippen LogP contribution in [0.5, 0.6) is 0 Å². The van der Waals surface area contributed by atoms with Gasteiger partial charge in [0.2, 0.25) is 5.91 Å². The zero-order valence-electron chi connectivity index (χ0n) is 24.6. The van der Waals surface area contributed by atoms with E-state index < -0.39 is 0 Å². The number of amides is 1. The van der Waals surface area contributed by atoms with Crippen molar-refractivity contribution in [3.63, 3.8) is 0 Å². The molecule has 2 aliphatic rings. The molecule has 0 saturated carbocycles. The molecule has 2 saturated heterocycles. The minimum Gasteiger partial charge on any atom is -0.378 e. The second-order valence-electron chi connectivity index (χ2n) is 10.8. The second-order valence-corrected chi connectivity index (χ2v) is 11.2. The number of hydrogen-bond donors (Lipinski definition) is 2. The first-order valence-corrected chi connectivity index (χ1v) is 14.9. The summed E-state index contributed by atoms with van der Waals surface area (Å²) in [7, 11) is 1.50. The normalized spacial score (nSPS) is 18.5. The molecule has 4 aromatic rings. The molecule has 1 amide bonds. The number of pyridine rings is 1. The van der Waals surface area contributed by atoms with Crippen LogP contribution in [-0.4, -0.2) is 60.6 Å². The molecule has 0 bridgehead atoms. The Balaban J connectivity index is 1.36. The zero-order valence-corrected chi connectivity index (χ0v) is 25.4. The topological polar surface area (TPSA) is 83.9 Å². The number of thiocarbonyl (C=S) groups is 1. The van der Waals surface area contributed by atoms with E-state index in [0.29, 0.717) is 10.8 Å². The molecule has 6 rings (SSSR count). The van der Waals surface area contributed by atoms with Gasteiger partial charge in [-0.15, -0.1) is 0 Å². The molecule has 2 aromatic carbocycles. The number of nitrogens with one attached hydrogen (secondary N) is 2. The Labute approximate surface area is 257 Å². The van der Waals surface area contributed by atoms with Gasteiger partial charge in [0, 0.05) is 60.5 Å². The number of carbonyl (C=O) groups excluding carboxylic acids is 1. The standard InChI is InChI=1S/C33H36N6O3S/c1-22-20-28(23(2)38(22)26-13-11-25(12-14-26)37-16-18-42-19-17-37)32-31(29-6-4-5-15-34-29)36-33(43)39(32)27-9-7-24(8-10-27)35-30(40)21-41-3/h4-15,20,31-32H,16-19,21H2,1-3H3,(H,35,40)(H,36,43)/t31-,32-/m0/s1. The van der Waals surface area contributed by atoms with Crippen LogP contribution in [-0.2, 0) is 14.3 Å². The summed E-state index contributed by atoms with van der Waals surface area (Å²) in [5, 5.41) is 7.03. The molecule has 2 aromatic heterocycles. The van der Waals surface area contributed by atoms with Crippen LogP contribution >= 0.6 is 12.2 Å². The summed E-state index contributed by atoms with van der Waals surface area (Å²) in [6.45, 7) is 7.65. The molecular weight excluding hydrogens is 560 g/mol. The van der Waals surface area contributed by atoms with Gasteiger partial charge in [-0.1, -0.05) is 6.07 Å². The molecule has 0 unspecified atom stereocenters. The Kier molecular flexibility index (Phi) is 8.42. The third-order valence-corrected chi connectivity index (χ3v) is 8.39. The summed E-state index contributed by atoms with van der Waals surface area (Å²) in [5.41, 5.74) is 8.30. The molecular formula is C33H36N6O3S. The summed E-state index contributed by atoms with van der Waals surface area (Å²) in [5.74, 6) is -0.202. The molecule has 2 aliphatic heterocycles. The van der Waals surface area contributed by atoms with Gasteiger partial charge in [-0.25, -0.2) is 0 Å². The second kappa shape index (κ2) is 12.5. The summed E-state index contributed by atoms with van der Waals surface area (Å²) < 4.78 is 12.8. The lowest BCUT2D eigenvalue weighted by atomic mass is 9.96. The van der Waals surface area contributed by atoms with Crippen LogP contribution in [0.1, 0.15) is 34.7 Å². The number of nitrogens with zero attached hydrogens (tertiary/aromatic N) is 4. The first-order chi connectivity index (χ1) is 20.9. The van der Waals surface area contributed by atoms with Crippen molar-refractivity contribution < 1.29 is 14.3 Å². The molecule has 222 valence electrons. The smallest absolute Gasteiger partial charge is 0.250 e. The first-order valence-electron chi connectivity index (χ1n) is 14.5. The lowest BCUT2D eigenvalue weighted by Gasteiger charge is -2.29. The molecule has 2 N–H and O–H groups in total. The quantitative estimate of drug-likeness (QED) is 0.272. The van der Waals surface area contributed by atoms with Crippen LogP contribution in [0.25, 0.3) is 5.69 Å². The summed E-state index contributed by atoms with van der Waals surface area (Å²) >= 11 is 5.95. The van der Waals surface area contributed by atoms with Gasteiger partial charge in [0.25, 0.3) is 0 Å². The van der Waals surface area contributed by atoms with Crippen molar-refractivity contribution in [3.05, 3.63) is 102 Å².